The molecule has 1 aliphatic carbocycles. The molecule has 3 rings (SSSR count). The summed E-state index contributed by atoms with van der Waals surface area (Å²) >= 11 is 0. The van der Waals surface area contributed by atoms with Gasteiger partial charge in [0, 0.05) is 11.5 Å². The molecule has 0 radical (unpaired) electrons. The topological polar surface area (TPSA) is 77.0 Å². The normalized spacial score (nSPS) is 26.0. The van der Waals surface area contributed by atoms with Crippen molar-refractivity contribution >= 4 is 23.5 Å². The molecule has 2 unspecified atom stereocenters. The van der Waals surface area contributed by atoms with E-state index in [0.717, 1.165) is 24.8 Å². The number of hydrogen-bond acceptors (Lipinski definition) is 5. The van der Waals surface area contributed by atoms with Crippen molar-refractivity contribution in [3.05, 3.63) is 29.8 Å². The van der Waals surface area contributed by atoms with Gasteiger partial charge in [-0.3, -0.25) is 0 Å². The van der Waals surface area contributed by atoms with Gasteiger partial charge in [-0.05, 0) is 51.0 Å². The Morgan fingerprint density at radius 1 is 1.06 bits per heavy atom. The molecular weight excluding hydrogens is 392 g/mol. The lowest BCUT2D eigenvalue weighted by atomic mass is 9.68. The fourth-order valence-electron chi connectivity index (χ4n) is 4.55. The highest BCUT2D eigenvalue weighted by Crippen LogP contribution is 2.42. The van der Waals surface area contributed by atoms with Crippen LogP contribution < -0.4 is 5.32 Å². The van der Waals surface area contributed by atoms with E-state index in [-0.39, 0.29) is 17.2 Å². The maximum Gasteiger partial charge on any atom is 0.408 e. The van der Waals surface area contributed by atoms with Crippen molar-refractivity contribution in [3.63, 3.8) is 0 Å². The quantitative estimate of drug-likeness (QED) is 0.624. The first-order valence-corrected chi connectivity index (χ1v) is 11.2. The van der Waals surface area contributed by atoms with Crippen molar-refractivity contribution in [2.24, 2.45) is 22.2 Å². The standard InChI is InChI=1S/C25H36N2O4/c1-15-12-13-17(24(2,3)4)19(14-15)30-23(29)27-20-16-10-8-9-11-18(16)26-21(20)22(28)31-25(5,6)7/h8-11,15,17,19-20H,12-14H2,1-7H3,(H,27,29)/t15?,17-,19-,20?/m0/s1. The number of aliphatic imine (C=N–C) groups is 1. The average molecular weight is 429 g/mol. The molecule has 1 aliphatic heterocycles. The summed E-state index contributed by atoms with van der Waals surface area (Å²) in [4.78, 5) is 30.2. The predicted molar refractivity (Wildman–Crippen MR) is 121 cm³/mol. The van der Waals surface area contributed by atoms with E-state index >= 15 is 0 Å². The van der Waals surface area contributed by atoms with Crippen molar-refractivity contribution < 1.29 is 19.1 Å². The van der Waals surface area contributed by atoms with E-state index in [1.165, 1.54) is 0 Å². The molecule has 1 aromatic carbocycles. The number of ether oxygens (including phenoxy) is 2. The minimum atomic E-state index is -0.687. The SMILES string of the molecule is CC1CC[C@H](C(C)(C)C)[C@@H](OC(=O)NC2C(C(=O)OC(C)(C)C)=Nc3ccccc32)C1. The Hall–Kier alpha value is -2.37. The second kappa shape index (κ2) is 8.64. The van der Waals surface area contributed by atoms with Crippen LogP contribution in [0.5, 0.6) is 0 Å². The Morgan fingerprint density at radius 3 is 2.39 bits per heavy atom. The highest BCUT2D eigenvalue weighted by atomic mass is 16.6. The Balaban J connectivity index is 1.77. The van der Waals surface area contributed by atoms with Crippen LogP contribution in [0.3, 0.4) is 0 Å². The van der Waals surface area contributed by atoms with Crippen molar-refractivity contribution in [2.45, 2.75) is 85.5 Å². The number of nitrogens with zero attached hydrogens (tertiary/aromatic N) is 1. The molecule has 6 heteroatoms. The van der Waals surface area contributed by atoms with E-state index in [0.29, 0.717) is 17.5 Å². The fourth-order valence-corrected chi connectivity index (χ4v) is 4.55. The summed E-state index contributed by atoms with van der Waals surface area (Å²) in [7, 11) is 0. The largest absolute Gasteiger partial charge is 0.455 e. The van der Waals surface area contributed by atoms with E-state index in [2.05, 4.69) is 38.0 Å². The van der Waals surface area contributed by atoms with Crippen LogP contribution in [0.1, 0.15) is 79.3 Å². The smallest absolute Gasteiger partial charge is 0.408 e. The van der Waals surface area contributed by atoms with Crippen LogP contribution in [0, 0.1) is 17.3 Å². The first-order chi connectivity index (χ1) is 14.3. The number of alkyl carbamates (subject to hydrolysis) is 1. The lowest BCUT2D eigenvalue weighted by molar-refractivity contribution is -0.146. The molecule has 1 amide bonds. The predicted octanol–water partition coefficient (Wildman–Crippen LogP) is 5.73. The zero-order valence-electron chi connectivity index (χ0n) is 19.8. The van der Waals surface area contributed by atoms with Gasteiger partial charge in [0.1, 0.15) is 17.7 Å². The van der Waals surface area contributed by atoms with Crippen LogP contribution in [0.2, 0.25) is 0 Å². The second-order valence-electron chi connectivity index (χ2n) is 11.0. The monoisotopic (exact) mass is 428 g/mol. The molecule has 0 aromatic heterocycles. The molecule has 1 N–H and O–H groups in total. The van der Waals surface area contributed by atoms with Crippen LogP contribution in [-0.4, -0.2) is 29.5 Å². The maximum absolute atomic E-state index is 13.0. The third kappa shape index (κ3) is 5.66. The Labute approximate surface area is 185 Å². The van der Waals surface area contributed by atoms with Gasteiger partial charge >= 0.3 is 12.1 Å². The number of para-hydroxylation sites is 1. The van der Waals surface area contributed by atoms with Crippen molar-refractivity contribution in [3.8, 4) is 0 Å². The first kappa shape index (κ1) is 23.3. The third-order valence-electron chi connectivity index (χ3n) is 6.06. The summed E-state index contributed by atoms with van der Waals surface area (Å²) < 4.78 is 11.5. The molecule has 1 saturated carbocycles. The molecule has 2 aliphatic rings. The van der Waals surface area contributed by atoms with E-state index in [1.807, 2.05) is 24.3 Å². The maximum atomic E-state index is 13.0. The van der Waals surface area contributed by atoms with Crippen molar-refractivity contribution in [2.75, 3.05) is 0 Å². The minimum absolute atomic E-state index is 0.0498. The Kier molecular flexibility index (Phi) is 6.49. The molecule has 1 aromatic rings. The van der Waals surface area contributed by atoms with Gasteiger partial charge in [-0.2, -0.15) is 0 Å². The number of carbonyl (C=O) groups excluding carboxylic acids is 2. The van der Waals surface area contributed by atoms with Crippen molar-refractivity contribution in [1.82, 2.24) is 5.32 Å². The molecule has 0 spiro atoms. The summed E-state index contributed by atoms with van der Waals surface area (Å²) in [5.74, 6) is 0.277. The molecule has 31 heavy (non-hydrogen) atoms. The van der Waals surface area contributed by atoms with E-state index < -0.39 is 23.7 Å². The second-order valence-corrected chi connectivity index (χ2v) is 11.0. The number of carbonyl (C=O) groups is 2. The van der Waals surface area contributed by atoms with E-state index in [4.69, 9.17) is 9.47 Å². The average Bonchev–Trinajstić information content (AvgIpc) is 2.98. The number of esters is 1. The number of fused-ring (bicyclic) bond motifs is 1. The van der Waals surface area contributed by atoms with Crippen LogP contribution in [-0.2, 0) is 14.3 Å². The third-order valence-corrected chi connectivity index (χ3v) is 6.06. The number of rotatable bonds is 3. The lowest BCUT2D eigenvalue weighted by Gasteiger charge is -2.41. The van der Waals surface area contributed by atoms with E-state index in [9.17, 15) is 9.59 Å². The zero-order valence-corrected chi connectivity index (χ0v) is 19.8. The number of nitrogens with one attached hydrogen (secondary N) is 1. The van der Waals surface area contributed by atoms with Gasteiger partial charge in [-0.15, -0.1) is 0 Å². The summed E-state index contributed by atoms with van der Waals surface area (Å²) in [6.45, 7) is 14.2. The Bertz CT molecular complexity index is 863. The fraction of sp³-hybridized carbons (Fsp3) is 0.640. The van der Waals surface area contributed by atoms with Gasteiger partial charge in [0.25, 0.3) is 0 Å². The molecule has 0 bridgehead atoms. The molecule has 1 fully saturated rings. The zero-order chi connectivity index (χ0) is 23.0. The van der Waals surface area contributed by atoms with Crippen LogP contribution >= 0.6 is 0 Å². The van der Waals surface area contributed by atoms with E-state index in [1.54, 1.807) is 20.8 Å². The van der Waals surface area contributed by atoms with Crippen LogP contribution in [0.25, 0.3) is 0 Å². The van der Waals surface area contributed by atoms with Crippen LogP contribution in [0.4, 0.5) is 10.5 Å². The summed E-state index contributed by atoms with van der Waals surface area (Å²) in [5.41, 5.74) is 1.00. The molecule has 6 nitrogen and oxygen atoms in total. The van der Waals surface area contributed by atoms with Gasteiger partial charge in [-0.25, -0.2) is 14.6 Å². The van der Waals surface area contributed by atoms with Gasteiger partial charge in [0.15, 0.2) is 5.71 Å². The molecular formula is C25H36N2O4. The van der Waals surface area contributed by atoms with Gasteiger partial charge in [0.05, 0.1) is 5.69 Å². The number of benzene rings is 1. The van der Waals surface area contributed by atoms with Crippen molar-refractivity contribution in [1.29, 1.82) is 0 Å². The van der Waals surface area contributed by atoms with Gasteiger partial charge in [0.2, 0.25) is 0 Å². The summed E-state index contributed by atoms with van der Waals surface area (Å²) in [6.07, 6.45) is 2.37. The lowest BCUT2D eigenvalue weighted by Crippen LogP contribution is -2.44. The van der Waals surface area contributed by atoms with Gasteiger partial charge in [-0.1, -0.05) is 52.3 Å². The van der Waals surface area contributed by atoms with Crippen LogP contribution in [0.15, 0.2) is 29.3 Å². The molecule has 4 atom stereocenters. The summed E-state index contributed by atoms with van der Waals surface area (Å²) in [6, 6.07) is 6.72. The highest BCUT2D eigenvalue weighted by molar-refractivity contribution is 6.40. The minimum Gasteiger partial charge on any atom is -0.455 e. The summed E-state index contributed by atoms with van der Waals surface area (Å²) in [5, 5.41) is 2.89. The van der Waals surface area contributed by atoms with Gasteiger partial charge < -0.3 is 14.8 Å². The number of hydrogen-bond donors (Lipinski definition) is 1. The highest BCUT2D eigenvalue weighted by Gasteiger charge is 2.40. The number of amides is 1. The Morgan fingerprint density at radius 2 is 1.74 bits per heavy atom. The molecule has 1 heterocycles. The molecule has 170 valence electrons. The first-order valence-electron chi connectivity index (χ1n) is 11.2. The molecule has 0 saturated heterocycles.